The summed E-state index contributed by atoms with van der Waals surface area (Å²) >= 11 is 0. The van der Waals surface area contributed by atoms with Crippen molar-refractivity contribution in [3.63, 3.8) is 0 Å². The van der Waals surface area contributed by atoms with Crippen LogP contribution in [0.1, 0.15) is 113 Å². The van der Waals surface area contributed by atoms with Crippen molar-refractivity contribution < 1.29 is 4.74 Å². The van der Waals surface area contributed by atoms with Gasteiger partial charge in [0.2, 0.25) is 0 Å². The molecule has 2 N–H and O–H groups in total. The summed E-state index contributed by atoms with van der Waals surface area (Å²) in [5.41, 5.74) is 19.1. The van der Waals surface area contributed by atoms with Crippen LogP contribution in [0.25, 0.3) is 90.9 Å². The number of fused-ring (bicyclic) bond motifs is 8. The molecule has 7 nitrogen and oxygen atoms in total. The number of aromatic nitrogens is 4. The molecule has 0 spiro atoms. The van der Waals surface area contributed by atoms with Crippen molar-refractivity contribution in [3.8, 4) is 68.1 Å². The van der Waals surface area contributed by atoms with Crippen LogP contribution in [-0.4, -0.2) is 19.9 Å². The number of rotatable bonds is 6. The van der Waals surface area contributed by atoms with Gasteiger partial charge in [-0.15, -0.1) is 0 Å². The molecule has 7 heteroatoms. The van der Waals surface area contributed by atoms with Crippen LogP contribution in [0.3, 0.4) is 0 Å². The summed E-state index contributed by atoms with van der Waals surface area (Å²) in [6, 6.07) is 52.3. The Morgan fingerprint density at radius 3 is 1.01 bits per heavy atom. The van der Waals surface area contributed by atoms with Gasteiger partial charge in [0.05, 0.1) is 28.3 Å². The van der Waals surface area contributed by atoms with E-state index in [-0.39, 0.29) is 27.4 Å². The van der Waals surface area contributed by atoms with Crippen molar-refractivity contribution in [2.45, 2.75) is 78.6 Å². The molecule has 10 rings (SSSR count). The third-order valence-corrected chi connectivity index (χ3v) is 13.5. The standard InChI is InChI=1S/C64H56N6O/c1-62(2,3)44-21-13-39(14-22-44)58-49-29-31-51(67-49)59(40-15-23-45(24-16-40)63(4,5)6)53-33-35-55(69-53)61(42-19-27-47(28-20-42)71-57-12-10-11-43(37-65)48(57)38-66)56-36-34-54(70-56)60(52-32-30-50(58)68-52)41-17-25-46(26-18-41)64(7,8)9/h10-36,67,70H,1-9H3. The minimum Gasteiger partial charge on any atom is -0.456 e. The van der Waals surface area contributed by atoms with Gasteiger partial charge in [0.1, 0.15) is 29.2 Å². The molecule has 0 saturated carbocycles. The number of H-pyrrole nitrogens is 2. The number of nitriles is 2. The molecular formula is C64H56N6O. The first-order valence-electron chi connectivity index (χ1n) is 24.2. The Hall–Kier alpha value is -8.52. The topological polar surface area (TPSA) is 114 Å². The lowest BCUT2D eigenvalue weighted by molar-refractivity contribution is 0.481. The fourth-order valence-electron chi connectivity index (χ4n) is 9.47. The summed E-state index contributed by atoms with van der Waals surface area (Å²) < 4.78 is 6.24. The zero-order valence-electron chi connectivity index (χ0n) is 41.8. The quantitative estimate of drug-likeness (QED) is 0.172. The van der Waals surface area contributed by atoms with Crippen LogP contribution in [0.2, 0.25) is 0 Å². The summed E-state index contributed by atoms with van der Waals surface area (Å²) in [7, 11) is 0. The second-order valence-electron chi connectivity index (χ2n) is 21.5. The Bertz CT molecular complexity index is 3640. The Morgan fingerprint density at radius 2 is 0.718 bits per heavy atom. The fraction of sp³-hybridized carbons (Fsp3) is 0.188. The van der Waals surface area contributed by atoms with E-state index < -0.39 is 0 Å². The van der Waals surface area contributed by atoms with E-state index in [2.05, 4.69) is 206 Å². The number of hydrogen-bond acceptors (Lipinski definition) is 5. The van der Waals surface area contributed by atoms with Crippen molar-refractivity contribution in [1.82, 2.24) is 19.9 Å². The van der Waals surface area contributed by atoms with Gasteiger partial charge >= 0.3 is 0 Å². The number of benzene rings is 5. The summed E-state index contributed by atoms with van der Waals surface area (Å²) in [6.07, 6.45) is 8.50. The average molecular weight is 925 g/mol. The van der Waals surface area contributed by atoms with Gasteiger partial charge < -0.3 is 14.7 Å². The van der Waals surface area contributed by atoms with E-state index in [0.717, 1.165) is 89.4 Å². The van der Waals surface area contributed by atoms with Gasteiger partial charge in [-0.2, -0.15) is 10.5 Å². The van der Waals surface area contributed by atoms with E-state index in [1.807, 2.05) is 24.3 Å². The summed E-state index contributed by atoms with van der Waals surface area (Å²) in [5, 5.41) is 19.6. The van der Waals surface area contributed by atoms with Crippen molar-refractivity contribution in [1.29, 1.82) is 10.5 Å². The lowest BCUT2D eigenvalue weighted by Crippen LogP contribution is -2.10. The smallest absolute Gasteiger partial charge is 0.146 e. The molecule has 2 aliphatic rings. The van der Waals surface area contributed by atoms with Crippen LogP contribution in [0.5, 0.6) is 11.5 Å². The highest BCUT2D eigenvalue weighted by Gasteiger charge is 2.22. The lowest BCUT2D eigenvalue weighted by atomic mass is 9.86. The third-order valence-electron chi connectivity index (χ3n) is 13.5. The highest BCUT2D eigenvalue weighted by molar-refractivity contribution is 6.00. The van der Waals surface area contributed by atoms with E-state index in [4.69, 9.17) is 14.7 Å². The molecule has 0 amide bonds. The molecule has 0 fully saturated rings. The van der Waals surface area contributed by atoms with Gasteiger partial charge in [-0.05, 0) is 128 Å². The average Bonchev–Trinajstić information content (AvgIpc) is 4.20. The third kappa shape index (κ3) is 9.00. The molecule has 2 aliphatic heterocycles. The van der Waals surface area contributed by atoms with Crippen LogP contribution in [0.4, 0.5) is 0 Å². The van der Waals surface area contributed by atoms with E-state index >= 15 is 0 Å². The van der Waals surface area contributed by atoms with E-state index in [1.54, 1.807) is 18.2 Å². The Labute approximate surface area is 416 Å². The first-order chi connectivity index (χ1) is 34.0. The molecule has 0 unspecified atom stereocenters. The minimum atomic E-state index is -0.0159. The second kappa shape index (κ2) is 17.8. The molecule has 71 heavy (non-hydrogen) atoms. The van der Waals surface area contributed by atoms with Gasteiger partial charge in [0, 0.05) is 44.3 Å². The highest BCUT2D eigenvalue weighted by atomic mass is 16.5. The predicted molar refractivity (Wildman–Crippen MR) is 293 cm³/mol. The van der Waals surface area contributed by atoms with Crippen LogP contribution >= 0.6 is 0 Å². The van der Waals surface area contributed by atoms with Gasteiger partial charge in [0.15, 0.2) is 0 Å². The Morgan fingerprint density at radius 1 is 0.394 bits per heavy atom. The van der Waals surface area contributed by atoms with Crippen LogP contribution < -0.4 is 4.74 Å². The summed E-state index contributed by atoms with van der Waals surface area (Å²) in [6.45, 7) is 20.1. The molecule has 5 heterocycles. The van der Waals surface area contributed by atoms with Crippen LogP contribution in [0, 0.1) is 22.7 Å². The SMILES string of the molecule is CC(C)(C)c1ccc(-c2c3nc(c(-c4ccc(C(C)(C)C)cc4)c4ccc([nH]4)c(-c4ccc(C(C)(C)C)cc4)c4nc(c(-c5ccc(Oc6cccc(C#N)c6C#N)cc5)c5ccc2[nH]5)C=C4)C=C3)cc1. The molecule has 0 aliphatic carbocycles. The predicted octanol–water partition coefficient (Wildman–Crippen LogP) is 16.8. The monoisotopic (exact) mass is 924 g/mol. The molecule has 5 aromatic carbocycles. The fourth-order valence-corrected chi connectivity index (χ4v) is 9.47. The Balaban J connectivity index is 1.28. The normalized spacial score (nSPS) is 12.4. The molecule has 0 saturated heterocycles. The number of ether oxygens (including phenoxy) is 1. The van der Waals surface area contributed by atoms with Gasteiger partial charge in [-0.3, -0.25) is 0 Å². The van der Waals surface area contributed by atoms with Crippen molar-refractivity contribution in [2.75, 3.05) is 0 Å². The number of hydrogen-bond donors (Lipinski definition) is 2. The summed E-state index contributed by atoms with van der Waals surface area (Å²) in [4.78, 5) is 18.8. The van der Waals surface area contributed by atoms with Crippen molar-refractivity contribution >= 4 is 46.4 Å². The van der Waals surface area contributed by atoms with E-state index in [0.29, 0.717) is 11.5 Å². The highest BCUT2D eigenvalue weighted by Crippen LogP contribution is 2.40. The van der Waals surface area contributed by atoms with Gasteiger partial charge in [-0.25, -0.2) is 9.97 Å². The number of aromatic amines is 2. The van der Waals surface area contributed by atoms with Crippen LogP contribution in [0.15, 0.2) is 140 Å². The molecule has 0 atom stereocenters. The Kier molecular flexibility index (Phi) is 11.6. The van der Waals surface area contributed by atoms with Gasteiger partial charge in [-0.1, -0.05) is 153 Å². The number of nitrogens with zero attached hydrogens (tertiary/aromatic N) is 4. The molecular weight excluding hydrogens is 869 g/mol. The lowest BCUT2D eigenvalue weighted by Gasteiger charge is -2.19. The zero-order valence-corrected chi connectivity index (χ0v) is 41.8. The van der Waals surface area contributed by atoms with Gasteiger partial charge in [0.25, 0.3) is 0 Å². The maximum absolute atomic E-state index is 9.91. The molecule has 8 bridgehead atoms. The maximum atomic E-state index is 9.91. The van der Waals surface area contributed by atoms with Crippen molar-refractivity contribution in [3.05, 3.63) is 190 Å². The molecule has 8 aromatic rings. The summed E-state index contributed by atoms with van der Waals surface area (Å²) in [5.74, 6) is 0.855. The van der Waals surface area contributed by atoms with E-state index in [9.17, 15) is 10.5 Å². The van der Waals surface area contributed by atoms with Crippen molar-refractivity contribution in [2.24, 2.45) is 0 Å². The first kappa shape index (κ1) is 46.2. The molecule has 0 radical (unpaired) electrons. The maximum Gasteiger partial charge on any atom is 0.146 e. The zero-order chi connectivity index (χ0) is 49.8. The molecule has 3 aromatic heterocycles. The first-order valence-corrected chi connectivity index (χ1v) is 24.2. The molecule has 348 valence electrons. The largest absolute Gasteiger partial charge is 0.456 e. The minimum absolute atomic E-state index is 0.00126. The van der Waals surface area contributed by atoms with Crippen LogP contribution in [-0.2, 0) is 16.2 Å². The van der Waals surface area contributed by atoms with E-state index in [1.165, 1.54) is 16.7 Å². The number of nitrogens with one attached hydrogen (secondary N) is 2. The second-order valence-corrected chi connectivity index (χ2v) is 21.5.